The van der Waals surface area contributed by atoms with Crippen molar-refractivity contribution < 1.29 is 18.0 Å². The molecule has 138 valence electrons. The van der Waals surface area contributed by atoms with E-state index in [-0.39, 0.29) is 24.2 Å². The van der Waals surface area contributed by atoms with Gasteiger partial charge in [-0.1, -0.05) is 0 Å². The van der Waals surface area contributed by atoms with E-state index in [4.69, 9.17) is 0 Å². The molecule has 1 fully saturated rings. The first-order chi connectivity index (χ1) is 12.4. The van der Waals surface area contributed by atoms with Gasteiger partial charge in [0.05, 0.1) is 24.2 Å². The summed E-state index contributed by atoms with van der Waals surface area (Å²) < 4.78 is 41.6. The Morgan fingerprint density at radius 2 is 2.00 bits per heavy atom. The fraction of sp³-hybridized carbons (Fsp3) is 0.471. The zero-order valence-electron chi connectivity index (χ0n) is 14.0. The van der Waals surface area contributed by atoms with Gasteiger partial charge in [0.2, 0.25) is 5.91 Å². The molecule has 4 rings (SSSR count). The summed E-state index contributed by atoms with van der Waals surface area (Å²) >= 11 is 0. The van der Waals surface area contributed by atoms with E-state index in [1.807, 2.05) is 0 Å². The number of anilines is 2. The van der Waals surface area contributed by atoms with Crippen LogP contribution in [0.4, 0.5) is 24.8 Å². The Balaban J connectivity index is 1.55. The highest BCUT2D eigenvalue weighted by Crippen LogP contribution is 2.37. The first-order valence-electron chi connectivity index (χ1n) is 8.55. The van der Waals surface area contributed by atoms with Gasteiger partial charge in [-0.2, -0.15) is 18.3 Å². The predicted octanol–water partition coefficient (Wildman–Crippen LogP) is 2.56. The third-order valence-corrected chi connectivity index (χ3v) is 4.93. The Hall–Kier alpha value is -2.58. The maximum absolute atomic E-state index is 13.3. The number of carbonyl (C=O) groups excluding carboxylic acids is 1. The lowest BCUT2D eigenvalue weighted by Crippen LogP contribution is -2.45. The van der Waals surface area contributed by atoms with E-state index in [0.717, 1.165) is 11.9 Å². The number of hydrogen-bond donors (Lipinski definition) is 0. The summed E-state index contributed by atoms with van der Waals surface area (Å²) in [6, 6.07) is 4.10. The number of nitrogens with zero attached hydrogens (tertiary/aromatic N) is 5. The number of alkyl halides is 3. The fourth-order valence-corrected chi connectivity index (χ4v) is 3.72. The van der Waals surface area contributed by atoms with Crippen LogP contribution in [0.25, 0.3) is 0 Å². The molecule has 1 unspecified atom stereocenters. The van der Waals surface area contributed by atoms with Gasteiger partial charge in [0.1, 0.15) is 11.6 Å². The van der Waals surface area contributed by atoms with Crippen molar-refractivity contribution in [1.82, 2.24) is 14.8 Å². The minimum absolute atomic E-state index is 0.0570. The summed E-state index contributed by atoms with van der Waals surface area (Å²) in [5, 5.41) is 4.15. The number of fused-ring (bicyclic) bond motifs is 1. The number of rotatable bonds is 2. The van der Waals surface area contributed by atoms with Crippen molar-refractivity contribution in [3.8, 4) is 0 Å². The largest absolute Gasteiger partial charge is 0.419 e. The van der Waals surface area contributed by atoms with Gasteiger partial charge in [-0.25, -0.2) is 9.67 Å². The molecule has 0 aliphatic carbocycles. The standard InChI is InChI=1S/C17H18F3N5O/c18-17(19,20)13-4-1-6-21-15(13)23-8-2-3-12(11-23)16(26)24-9-10-25-14(24)5-7-22-25/h1,4-7,12H,2-3,8-11H2. The number of amides is 1. The van der Waals surface area contributed by atoms with E-state index in [9.17, 15) is 18.0 Å². The molecule has 0 aromatic carbocycles. The van der Waals surface area contributed by atoms with Crippen LogP contribution in [-0.4, -0.2) is 40.3 Å². The average molecular weight is 365 g/mol. The molecule has 1 amide bonds. The summed E-state index contributed by atoms with van der Waals surface area (Å²) in [5.41, 5.74) is -0.757. The predicted molar refractivity (Wildman–Crippen MR) is 88.8 cm³/mol. The van der Waals surface area contributed by atoms with Gasteiger partial charge in [0.15, 0.2) is 0 Å². The van der Waals surface area contributed by atoms with Crippen LogP contribution in [0, 0.1) is 5.92 Å². The molecular formula is C17H18F3N5O. The number of piperidine rings is 1. The smallest absolute Gasteiger partial charge is 0.355 e. The van der Waals surface area contributed by atoms with Crippen LogP contribution in [0.15, 0.2) is 30.6 Å². The normalized spacial score (nSPS) is 20.3. The van der Waals surface area contributed by atoms with Gasteiger partial charge < -0.3 is 4.90 Å². The van der Waals surface area contributed by atoms with Crippen molar-refractivity contribution >= 4 is 17.5 Å². The van der Waals surface area contributed by atoms with E-state index >= 15 is 0 Å². The summed E-state index contributed by atoms with van der Waals surface area (Å²) in [7, 11) is 0. The molecule has 2 aliphatic rings. The molecule has 2 aliphatic heterocycles. The summed E-state index contributed by atoms with van der Waals surface area (Å²) in [5.74, 6) is 0.247. The lowest BCUT2D eigenvalue weighted by Gasteiger charge is -2.35. The third kappa shape index (κ3) is 2.91. The highest BCUT2D eigenvalue weighted by molar-refractivity contribution is 5.95. The average Bonchev–Trinajstić information content (AvgIpc) is 3.24. The Kier molecular flexibility index (Phi) is 4.08. The lowest BCUT2D eigenvalue weighted by molar-refractivity contribution is -0.137. The second-order valence-corrected chi connectivity index (χ2v) is 6.56. The highest BCUT2D eigenvalue weighted by Gasteiger charge is 2.38. The number of aromatic nitrogens is 3. The van der Waals surface area contributed by atoms with Crippen molar-refractivity contribution in [2.75, 3.05) is 29.4 Å². The van der Waals surface area contributed by atoms with E-state index in [1.54, 1.807) is 26.7 Å². The third-order valence-electron chi connectivity index (χ3n) is 4.93. The fourth-order valence-electron chi connectivity index (χ4n) is 3.72. The topological polar surface area (TPSA) is 54.3 Å². The molecule has 6 nitrogen and oxygen atoms in total. The van der Waals surface area contributed by atoms with Crippen LogP contribution in [0.1, 0.15) is 18.4 Å². The molecule has 4 heterocycles. The number of halogens is 3. The molecule has 0 spiro atoms. The summed E-state index contributed by atoms with van der Waals surface area (Å²) in [4.78, 5) is 20.2. The molecule has 0 radical (unpaired) electrons. The lowest BCUT2D eigenvalue weighted by atomic mass is 9.96. The van der Waals surface area contributed by atoms with Crippen molar-refractivity contribution in [3.63, 3.8) is 0 Å². The van der Waals surface area contributed by atoms with Crippen molar-refractivity contribution in [3.05, 3.63) is 36.2 Å². The SMILES string of the molecule is O=C(C1CCCN(c2ncccc2C(F)(F)F)C1)N1CCn2nccc21. The zero-order chi connectivity index (χ0) is 18.3. The number of hydrogen-bond acceptors (Lipinski definition) is 4. The van der Waals surface area contributed by atoms with Gasteiger partial charge in [-0.15, -0.1) is 0 Å². The maximum atomic E-state index is 13.3. The number of carbonyl (C=O) groups is 1. The molecule has 26 heavy (non-hydrogen) atoms. The molecule has 2 aromatic rings. The maximum Gasteiger partial charge on any atom is 0.419 e. The van der Waals surface area contributed by atoms with Gasteiger partial charge in [0.25, 0.3) is 0 Å². The molecule has 2 aromatic heterocycles. The van der Waals surface area contributed by atoms with Crippen molar-refractivity contribution in [1.29, 1.82) is 0 Å². The first kappa shape index (κ1) is 16.9. The van der Waals surface area contributed by atoms with Gasteiger partial charge in [0, 0.05) is 31.9 Å². The quantitative estimate of drug-likeness (QED) is 0.821. The second-order valence-electron chi connectivity index (χ2n) is 6.56. The van der Waals surface area contributed by atoms with E-state index in [1.165, 1.54) is 12.3 Å². The summed E-state index contributed by atoms with van der Waals surface area (Å²) in [6.07, 6.45) is -0.159. The van der Waals surface area contributed by atoms with E-state index in [0.29, 0.717) is 32.5 Å². The van der Waals surface area contributed by atoms with Crippen molar-refractivity contribution in [2.24, 2.45) is 5.92 Å². The second kappa shape index (κ2) is 6.30. The monoisotopic (exact) mass is 365 g/mol. The molecule has 1 atom stereocenters. The zero-order valence-corrected chi connectivity index (χ0v) is 14.0. The van der Waals surface area contributed by atoms with Gasteiger partial charge in [-0.3, -0.25) is 9.69 Å². The molecule has 9 heteroatoms. The number of pyridine rings is 1. The molecule has 0 N–H and O–H groups in total. The molecule has 0 saturated carbocycles. The van der Waals surface area contributed by atoms with Crippen LogP contribution in [0.3, 0.4) is 0 Å². The van der Waals surface area contributed by atoms with E-state index in [2.05, 4.69) is 10.1 Å². The minimum atomic E-state index is -4.47. The molecule has 0 bridgehead atoms. The van der Waals surface area contributed by atoms with Gasteiger partial charge in [-0.05, 0) is 25.0 Å². The minimum Gasteiger partial charge on any atom is -0.355 e. The van der Waals surface area contributed by atoms with Gasteiger partial charge >= 0.3 is 6.18 Å². The van der Waals surface area contributed by atoms with Crippen LogP contribution < -0.4 is 9.80 Å². The Morgan fingerprint density at radius 1 is 1.15 bits per heavy atom. The Bertz CT molecular complexity index is 819. The molecule has 1 saturated heterocycles. The van der Waals surface area contributed by atoms with Crippen LogP contribution in [0.2, 0.25) is 0 Å². The van der Waals surface area contributed by atoms with Crippen LogP contribution in [-0.2, 0) is 17.5 Å². The Labute approximate surface area is 148 Å². The first-order valence-corrected chi connectivity index (χ1v) is 8.55. The Morgan fingerprint density at radius 3 is 2.81 bits per heavy atom. The van der Waals surface area contributed by atoms with E-state index < -0.39 is 11.7 Å². The van der Waals surface area contributed by atoms with Crippen molar-refractivity contribution in [2.45, 2.75) is 25.6 Å². The van der Waals surface area contributed by atoms with Crippen LogP contribution >= 0.6 is 0 Å². The van der Waals surface area contributed by atoms with Crippen LogP contribution in [0.5, 0.6) is 0 Å². The summed E-state index contributed by atoms with van der Waals surface area (Å²) in [6.45, 7) is 1.89. The molecular weight excluding hydrogens is 347 g/mol. The highest BCUT2D eigenvalue weighted by atomic mass is 19.4.